The van der Waals surface area contributed by atoms with Crippen molar-refractivity contribution in [1.82, 2.24) is 14.5 Å². The van der Waals surface area contributed by atoms with Gasteiger partial charge in [-0.05, 0) is 38.3 Å². The van der Waals surface area contributed by atoms with E-state index in [1.165, 1.54) is 0 Å². The molecule has 1 aromatic carbocycles. The van der Waals surface area contributed by atoms with Gasteiger partial charge in [-0.2, -0.15) is 0 Å². The number of rotatable bonds is 10. The van der Waals surface area contributed by atoms with Crippen LogP contribution in [0.25, 0.3) is 10.9 Å². The Labute approximate surface area is 168 Å². The van der Waals surface area contributed by atoms with E-state index in [4.69, 9.17) is 4.98 Å². The highest BCUT2D eigenvalue weighted by Crippen LogP contribution is 2.25. The van der Waals surface area contributed by atoms with Crippen LogP contribution in [0, 0.1) is 5.92 Å². The average molecular weight is 386 g/mol. The van der Waals surface area contributed by atoms with Gasteiger partial charge in [0.15, 0.2) is 0 Å². The molecule has 5 nitrogen and oxygen atoms in total. The molecule has 0 aliphatic carbocycles. The van der Waals surface area contributed by atoms with Gasteiger partial charge in [-0.1, -0.05) is 52.2 Å². The zero-order chi connectivity index (χ0) is 20.7. The lowest BCUT2D eigenvalue weighted by Gasteiger charge is -2.33. The second-order valence-electron chi connectivity index (χ2n) is 7.66. The largest absolute Gasteiger partial charge is 0.333 e. The van der Waals surface area contributed by atoms with Crippen molar-refractivity contribution in [1.29, 1.82) is 0 Å². The van der Waals surface area contributed by atoms with Crippen LogP contribution < -0.4 is 5.56 Å². The monoisotopic (exact) mass is 385 g/mol. The Morgan fingerprint density at radius 2 is 1.82 bits per heavy atom. The summed E-state index contributed by atoms with van der Waals surface area (Å²) in [5, 5.41) is 0.613. The van der Waals surface area contributed by atoms with Crippen LogP contribution in [-0.2, 0) is 11.8 Å². The SMILES string of the molecule is CCCCC(CC)C(=O)N(CCCC)C(C)c1nc2ccccc2c(=O)n1C. The van der Waals surface area contributed by atoms with Crippen molar-refractivity contribution in [3.63, 3.8) is 0 Å². The average Bonchev–Trinajstić information content (AvgIpc) is 2.71. The Morgan fingerprint density at radius 3 is 2.46 bits per heavy atom. The molecule has 2 atom stereocenters. The third-order valence-corrected chi connectivity index (χ3v) is 5.64. The van der Waals surface area contributed by atoms with Crippen molar-refractivity contribution in [2.24, 2.45) is 13.0 Å². The van der Waals surface area contributed by atoms with Crippen LogP contribution in [0.3, 0.4) is 0 Å². The summed E-state index contributed by atoms with van der Waals surface area (Å²) in [7, 11) is 1.75. The lowest BCUT2D eigenvalue weighted by Crippen LogP contribution is -2.41. The number of para-hydroxylation sites is 1. The van der Waals surface area contributed by atoms with Gasteiger partial charge in [-0.25, -0.2) is 4.98 Å². The first-order valence-corrected chi connectivity index (χ1v) is 10.7. The zero-order valence-corrected chi connectivity index (χ0v) is 18.1. The summed E-state index contributed by atoms with van der Waals surface area (Å²) in [6.07, 6.45) is 5.89. The van der Waals surface area contributed by atoms with Gasteiger partial charge in [0.1, 0.15) is 5.82 Å². The van der Waals surface area contributed by atoms with Crippen LogP contribution in [0.2, 0.25) is 0 Å². The van der Waals surface area contributed by atoms with E-state index >= 15 is 0 Å². The standard InChI is InChI=1S/C23H35N3O2/c1-6-9-13-18(8-3)22(27)26(16-10-7-2)17(4)21-24-20-15-12-11-14-19(20)23(28)25(21)5/h11-12,14-15,17-18H,6-10,13,16H2,1-5H3. The second kappa shape index (κ2) is 10.4. The fraction of sp³-hybridized carbons (Fsp3) is 0.609. The topological polar surface area (TPSA) is 55.2 Å². The number of benzene rings is 1. The Kier molecular flexibility index (Phi) is 8.21. The molecule has 5 heteroatoms. The van der Waals surface area contributed by atoms with Gasteiger partial charge in [0, 0.05) is 19.5 Å². The maximum Gasteiger partial charge on any atom is 0.261 e. The molecule has 0 saturated carbocycles. The van der Waals surface area contributed by atoms with Crippen molar-refractivity contribution in [3.05, 3.63) is 40.4 Å². The second-order valence-corrected chi connectivity index (χ2v) is 7.66. The van der Waals surface area contributed by atoms with Crippen LogP contribution in [-0.4, -0.2) is 26.9 Å². The molecular weight excluding hydrogens is 350 g/mol. The molecule has 0 N–H and O–H groups in total. The molecule has 28 heavy (non-hydrogen) atoms. The number of hydrogen-bond donors (Lipinski definition) is 0. The highest BCUT2D eigenvalue weighted by Gasteiger charge is 2.29. The minimum atomic E-state index is -0.239. The van der Waals surface area contributed by atoms with E-state index in [0.29, 0.717) is 23.3 Å². The first kappa shape index (κ1) is 22.1. The van der Waals surface area contributed by atoms with Gasteiger partial charge in [-0.3, -0.25) is 14.2 Å². The number of nitrogens with zero attached hydrogens (tertiary/aromatic N) is 3. The molecular formula is C23H35N3O2. The molecule has 154 valence electrons. The van der Waals surface area contributed by atoms with E-state index in [2.05, 4.69) is 20.8 Å². The van der Waals surface area contributed by atoms with E-state index < -0.39 is 0 Å². The smallest absolute Gasteiger partial charge is 0.261 e. The molecule has 0 bridgehead atoms. The van der Waals surface area contributed by atoms with E-state index in [-0.39, 0.29) is 23.4 Å². The summed E-state index contributed by atoms with van der Waals surface area (Å²) in [4.78, 5) is 32.9. The molecule has 2 aromatic rings. The molecule has 0 radical (unpaired) electrons. The number of fused-ring (bicyclic) bond motifs is 1. The lowest BCUT2D eigenvalue weighted by molar-refractivity contribution is -0.138. The zero-order valence-electron chi connectivity index (χ0n) is 18.1. The first-order valence-electron chi connectivity index (χ1n) is 10.7. The van der Waals surface area contributed by atoms with Gasteiger partial charge in [-0.15, -0.1) is 0 Å². The summed E-state index contributed by atoms with van der Waals surface area (Å²) < 4.78 is 1.60. The van der Waals surface area contributed by atoms with Crippen molar-refractivity contribution in [3.8, 4) is 0 Å². The summed E-state index contributed by atoms with van der Waals surface area (Å²) in [5.41, 5.74) is 0.627. The molecule has 2 rings (SSSR count). The molecule has 0 aliphatic heterocycles. The van der Waals surface area contributed by atoms with Crippen LogP contribution in [0.1, 0.15) is 78.1 Å². The van der Waals surface area contributed by atoms with E-state index in [1.807, 2.05) is 30.0 Å². The maximum atomic E-state index is 13.4. The Bertz CT molecular complexity index is 843. The van der Waals surface area contributed by atoms with Crippen LogP contribution in [0.4, 0.5) is 0 Å². The van der Waals surface area contributed by atoms with Gasteiger partial charge in [0.2, 0.25) is 5.91 Å². The van der Waals surface area contributed by atoms with Crippen molar-refractivity contribution < 1.29 is 4.79 Å². The maximum absolute atomic E-state index is 13.4. The van der Waals surface area contributed by atoms with Crippen molar-refractivity contribution in [2.45, 2.75) is 72.3 Å². The predicted octanol–water partition coefficient (Wildman–Crippen LogP) is 4.84. The molecule has 0 spiro atoms. The van der Waals surface area contributed by atoms with Gasteiger partial charge < -0.3 is 4.90 Å². The Hall–Kier alpha value is -2.17. The molecule has 1 heterocycles. The molecule has 1 aromatic heterocycles. The summed E-state index contributed by atoms with van der Waals surface area (Å²) in [6.45, 7) is 9.07. The minimum absolute atomic E-state index is 0.0386. The predicted molar refractivity (Wildman–Crippen MR) is 115 cm³/mol. The first-order chi connectivity index (χ1) is 13.5. The fourth-order valence-electron chi connectivity index (χ4n) is 3.76. The fourth-order valence-corrected chi connectivity index (χ4v) is 3.76. The quantitative estimate of drug-likeness (QED) is 0.588. The molecule has 2 unspecified atom stereocenters. The number of hydrogen-bond acceptors (Lipinski definition) is 3. The Balaban J connectivity index is 2.43. The van der Waals surface area contributed by atoms with Gasteiger partial charge in [0.25, 0.3) is 5.56 Å². The normalized spacial score (nSPS) is 13.5. The number of aromatic nitrogens is 2. The molecule has 1 amide bonds. The van der Waals surface area contributed by atoms with Crippen LogP contribution in [0.15, 0.2) is 29.1 Å². The van der Waals surface area contributed by atoms with E-state index in [9.17, 15) is 9.59 Å². The molecule has 0 saturated heterocycles. The number of carbonyl (C=O) groups is 1. The number of carbonyl (C=O) groups excluding carboxylic acids is 1. The minimum Gasteiger partial charge on any atom is -0.333 e. The van der Waals surface area contributed by atoms with E-state index in [0.717, 1.165) is 38.5 Å². The van der Waals surface area contributed by atoms with Crippen LogP contribution in [0.5, 0.6) is 0 Å². The molecule has 0 aliphatic rings. The summed E-state index contributed by atoms with van der Waals surface area (Å²) >= 11 is 0. The number of unbranched alkanes of at least 4 members (excludes halogenated alkanes) is 2. The van der Waals surface area contributed by atoms with E-state index in [1.54, 1.807) is 17.7 Å². The third kappa shape index (κ3) is 4.81. The highest BCUT2D eigenvalue weighted by atomic mass is 16.2. The van der Waals surface area contributed by atoms with Crippen molar-refractivity contribution in [2.75, 3.05) is 6.54 Å². The summed E-state index contributed by atoms with van der Waals surface area (Å²) in [5.74, 6) is 0.884. The third-order valence-electron chi connectivity index (χ3n) is 5.64. The van der Waals surface area contributed by atoms with Crippen molar-refractivity contribution >= 4 is 16.8 Å². The highest BCUT2D eigenvalue weighted by molar-refractivity contribution is 5.80. The van der Waals surface area contributed by atoms with Gasteiger partial charge >= 0.3 is 0 Å². The summed E-state index contributed by atoms with van der Waals surface area (Å²) in [6, 6.07) is 7.17. The molecule has 0 fully saturated rings. The van der Waals surface area contributed by atoms with Crippen LogP contribution >= 0.6 is 0 Å². The lowest BCUT2D eigenvalue weighted by atomic mass is 9.96. The Morgan fingerprint density at radius 1 is 1.14 bits per heavy atom. The number of amides is 1. The van der Waals surface area contributed by atoms with Gasteiger partial charge in [0.05, 0.1) is 16.9 Å².